The normalized spacial score (nSPS) is 17.9. The van der Waals surface area contributed by atoms with Gasteiger partial charge in [0.1, 0.15) is 11.3 Å². The second-order valence-corrected chi connectivity index (χ2v) is 4.10. The molecule has 0 aromatic heterocycles. The van der Waals surface area contributed by atoms with Crippen LogP contribution in [0.1, 0.15) is 30.0 Å². The third-order valence-corrected chi connectivity index (χ3v) is 2.88. The van der Waals surface area contributed by atoms with E-state index in [-0.39, 0.29) is 6.10 Å². The molecule has 0 radical (unpaired) electrons. The molecule has 0 aliphatic carbocycles. The van der Waals surface area contributed by atoms with Gasteiger partial charge in [-0.3, -0.25) is 0 Å². The number of rotatable bonds is 0. The molecule has 1 aromatic carbocycles. The highest BCUT2D eigenvalue weighted by Crippen LogP contribution is 2.38. The summed E-state index contributed by atoms with van der Waals surface area (Å²) < 4.78 is 5.69. The van der Waals surface area contributed by atoms with Crippen molar-refractivity contribution in [3.63, 3.8) is 0 Å². The van der Waals surface area contributed by atoms with Crippen molar-refractivity contribution in [2.75, 3.05) is 0 Å². The largest absolute Gasteiger partial charge is 0.490 e. The van der Waals surface area contributed by atoms with E-state index in [0.29, 0.717) is 17.0 Å². The standard InChI is InChI=1S/C13H12N2O/c1-8-6-10-5-4-9(2)16-13(10)11(7-14)12(8)15-3/h6,9H,4-5H2,1-2H3. The molecule has 1 aromatic rings. The molecule has 16 heavy (non-hydrogen) atoms. The second-order valence-electron chi connectivity index (χ2n) is 4.10. The van der Waals surface area contributed by atoms with Crippen LogP contribution in [0.3, 0.4) is 0 Å². The Hall–Kier alpha value is -2.00. The Morgan fingerprint density at radius 3 is 3.00 bits per heavy atom. The Labute approximate surface area is 95.1 Å². The first-order valence-electron chi connectivity index (χ1n) is 5.28. The lowest BCUT2D eigenvalue weighted by atomic mass is 9.96. The lowest BCUT2D eigenvalue weighted by Crippen LogP contribution is -2.19. The Morgan fingerprint density at radius 1 is 1.62 bits per heavy atom. The van der Waals surface area contributed by atoms with Gasteiger partial charge in [0.15, 0.2) is 0 Å². The number of ether oxygens (including phenoxy) is 1. The molecule has 0 fully saturated rings. The number of fused-ring (bicyclic) bond motifs is 1. The van der Waals surface area contributed by atoms with E-state index in [9.17, 15) is 0 Å². The lowest BCUT2D eigenvalue weighted by Gasteiger charge is -2.25. The van der Waals surface area contributed by atoms with E-state index in [1.165, 1.54) is 0 Å². The highest BCUT2D eigenvalue weighted by Gasteiger charge is 2.23. The number of nitriles is 1. The third-order valence-electron chi connectivity index (χ3n) is 2.88. The third kappa shape index (κ3) is 1.51. The summed E-state index contributed by atoms with van der Waals surface area (Å²) in [6, 6.07) is 4.06. The fourth-order valence-corrected chi connectivity index (χ4v) is 2.05. The zero-order valence-electron chi connectivity index (χ0n) is 9.37. The summed E-state index contributed by atoms with van der Waals surface area (Å²) in [5, 5.41) is 9.14. The van der Waals surface area contributed by atoms with Crippen molar-refractivity contribution in [3.8, 4) is 11.8 Å². The van der Waals surface area contributed by atoms with E-state index in [0.717, 1.165) is 24.0 Å². The van der Waals surface area contributed by atoms with Crippen LogP contribution in [0.25, 0.3) is 4.85 Å². The topological polar surface area (TPSA) is 37.4 Å². The highest BCUT2D eigenvalue weighted by molar-refractivity contribution is 5.71. The van der Waals surface area contributed by atoms with Gasteiger partial charge in [0.2, 0.25) is 5.69 Å². The minimum atomic E-state index is 0.126. The molecule has 0 bridgehead atoms. The quantitative estimate of drug-likeness (QED) is 0.619. The van der Waals surface area contributed by atoms with Crippen LogP contribution in [0, 0.1) is 24.8 Å². The number of hydrogen-bond donors (Lipinski definition) is 0. The van der Waals surface area contributed by atoms with Gasteiger partial charge in [-0.25, -0.2) is 4.85 Å². The summed E-state index contributed by atoms with van der Waals surface area (Å²) in [6.45, 7) is 11.0. The van der Waals surface area contributed by atoms with Crippen molar-refractivity contribution in [1.82, 2.24) is 0 Å². The fourth-order valence-electron chi connectivity index (χ4n) is 2.05. The Bertz CT molecular complexity index is 520. The van der Waals surface area contributed by atoms with Gasteiger partial charge in [-0.15, -0.1) is 0 Å². The van der Waals surface area contributed by atoms with Gasteiger partial charge in [-0.1, -0.05) is 6.07 Å². The molecule has 0 N–H and O–H groups in total. The van der Waals surface area contributed by atoms with Gasteiger partial charge in [0.25, 0.3) is 0 Å². The van der Waals surface area contributed by atoms with Crippen LogP contribution in [0.2, 0.25) is 0 Å². The first kappa shape index (κ1) is 10.5. The van der Waals surface area contributed by atoms with Crippen molar-refractivity contribution in [2.45, 2.75) is 32.8 Å². The number of nitrogens with zero attached hydrogens (tertiary/aromatic N) is 2. The van der Waals surface area contributed by atoms with Gasteiger partial charge in [0, 0.05) is 0 Å². The summed E-state index contributed by atoms with van der Waals surface area (Å²) in [4.78, 5) is 3.42. The van der Waals surface area contributed by atoms with E-state index < -0.39 is 0 Å². The predicted molar refractivity (Wildman–Crippen MR) is 60.6 cm³/mol. The Morgan fingerprint density at radius 2 is 2.38 bits per heavy atom. The minimum absolute atomic E-state index is 0.126. The maximum Gasteiger partial charge on any atom is 0.211 e. The number of benzene rings is 1. The molecule has 1 atom stereocenters. The summed E-state index contributed by atoms with van der Waals surface area (Å²) in [5.41, 5.74) is 2.75. The Balaban J connectivity index is 2.69. The molecule has 0 saturated carbocycles. The summed E-state index contributed by atoms with van der Waals surface area (Å²) >= 11 is 0. The Kier molecular flexibility index (Phi) is 2.54. The van der Waals surface area contributed by atoms with Gasteiger partial charge in [-0.05, 0) is 37.8 Å². The van der Waals surface area contributed by atoms with Crippen LogP contribution < -0.4 is 4.74 Å². The summed E-state index contributed by atoms with van der Waals surface area (Å²) in [7, 11) is 0. The molecule has 1 aliphatic rings. The monoisotopic (exact) mass is 212 g/mol. The molecule has 0 spiro atoms. The molecule has 80 valence electrons. The average Bonchev–Trinajstić information content (AvgIpc) is 2.28. The molecule has 0 amide bonds. The minimum Gasteiger partial charge on any atom is -0.490 e. The number of aryl methyl sites for hydroxylation is 2. The number of hydrogen-bond acceptors (Lipinski definition) is 2. The van der Waals surface area contributed by atoms with E-state index in [2.05, 4.69) is 10.9 Å². The average molecular weight is 212 g/mol. The fraction of sp³-hybridized carbons (Fsp3) is 0.385. The molecule has 1 aliphatic heterocycles. The molecule has 3 heteroatoms. The van der Waals surface area contributed by atoms with Crippen molar-refractivity contribution in [2.24, 2.45) is 0 Å². The van der Waals surface area contributed by atoms with E-state index >= 15 is 0 Å². The zero-order chi connectivity index (χ0) is 11.7. The molecular formula is C13H12N2O. The van der Waals surface area contributed by atoms with Crippen molar-refractivity contribution in [3.05, 3.63) is 34.2 Å². The van der Waals surface area contributed by atoms with Crippen LogP contribution in [-0.2, 0) is 6.42 Å². The van der Waals surface area contributed by atoms with Crippen molar-refractivity contribution >= 4 is 5.69 Å². The van der Waals surface area contributed by atoms with Crippen molar-refractivity contribution in [1.29, 1.82) is 5.26 Å². The smallest absolute Gasteiger partial charge is 0.211 e. The van der Waals surface area contributed by atoms with Gasteiger partial charge < -0.3 is 4.74 Å². The van der Waals surface area contributed by atoms with Gasteiger partial charge >= 0.3 is 0 Å². The highest BCUT2D eigenvalue weighted by atomic mass is 16.5. The van der Waals surface area contributed by atoms with Crippen LogP contribution in [-0.4, -0.2) is 6.10 Å². The van der Waals surface area contributed by atoms with Gasteiger partial charge in [-0.2, -0.15) is 5.26 Å². The van der Waals surface area contributed by atoms with Gasteiger partial charge in [0.05, 0.1) is 18.7 Å². The summed E-state index contributed by atoms with van der Waals surface area (Å²) in [6.07, 6.45) is 2.01. The predicted octanol–water partition coefficient (Wildman–Crippen LogP) is 3.13. The first-order valence-corrected chi connectivity index (χ1v) is 5.28. The first-order chi connectivity index (χ1) is 7.67. The SMILES string of the molecule is [C-]#[N+]c1c(C)cc2c(c1C#N)OC(C)CC2. The lowest BCUT2D eigenvalue weighted by molar-refractivity contribution is 0.192. The molecule has 2 rings (SSSR count). The molecule has 3 nitrogen and oxygen atoms in total. The maximum absolute atomic E-state index is 9.14. The van der Waals surface area contributed by atoms with E-state index in [1.54, 1.807) is 0 Å². The molecular weight excluding hydrogens is 200 g/mol. The maximum atomic E-state index is 9.14. The second kappa shape index (κ2) is 3.87. The molecule has 0 saturated heterocycles. The summed E-state index contributed by atoms with van der Waals surface area (Å²) in [5.74, 6) is 0.623. The van der Waals surface area contributed by atoms with E-state index in [1.807, 2.05) is 19.9 Å². The van der Waals surface area contributed by atoms with Crippen LogP contribution >= 0.6 is 0 Å². The molecule has 1 unspecified atom stereocenters. The zero-order valence-corrected chi connectivity index (χ0v) is 9.37. The van der Waals surface area contributed by atoms with Crippen molar-refractivity contribution < 1.29 is 4.74 Å². The molecule has 1 heterocycles. The van der Waals surface area contributed by atoms with E-state index in [4.69, 9.17) is 16.6 Å². The van der Waals surface area contributed by atoms with Crippen LogP contribution in [0.15, 0.2) is 6.07 Å². The van der Waals surface area contributed by atoms with Crippen LogP contribution in [0.5, 0.6) is 5.75 Å². The van der Waals surface area contributed by atoms with Crippen LogP contribution in [0.4, 0.5) is 5.69 Å².